The zero-order chi connectivity index (χ0) is 22.6. The van der Waals surface area contributed by atoms with Crippen molar-refractivity contribution in [3.05, 3.63) is 57.5 Å². The van der Waals surface area contributed by atoms with Crippen LogP contribution in [0.5, 0.6) is 0 Å². The number of benzene rings is 1. The molecular formula is C23H32FN3O3S. The van der Waals surface area contributed by atoms with Crippen LogP contribution in [0.15, 0.2) is 36.4 Å². The van der Waals surface area contributed by atoms with Crippen LogP contribution >= 0.6 is 11.3 Å². The first-order valence-electron chi connectivity index (χ1n) is 10.6. The van der Waals surface area contributed by atoms with Crippen LogP contribution in [-0.2, 0) is 22.6 Å². The van der Waals surface area contributed by atoms with E-state index in [-0.39, 0.29) is 24.3 Å². The van der Waals surface area contributed by atoms with Crippen molar-refractivity contribution in [2.24, 2.45) is 0 Å². The number of amides is 3. The number of nitrogens with zero attached hydrogens (tertiary/aromatic N) is 2. The molecule has 0 radical (unpaired) electrons. The topological polar surface area (TPSA) is 61.9 Å². The number of urea groups is 1. The second-order valence-electron chi connectivity index (χ2n) is 7.20. The Labute approximate surface area is 188 Å². The highest BCUT2D eigenvalue weighted by Crippen LogP contribution is 2.19. The molecule has 0 aliphatic heterocycles. The summed E-state index contributed by atoms with van der Waals surface area (Å²) in [5.74, 6) is -0.467. The maximum absolute atomic E-state index is 13.3. The number of ether oxygens (including phenoxy) is 1. The summed E-state index contributed by atoms with van der Waals surface area (Å²) in [4.78, 5) is 31.2. The van der Waals surface area contributed by atoms with Crippen molar-refractivity contribution < 1.29 is 18.7 Å². The lowest BCUT2D eigenvalue weighted by molar-refractivity contribution is -0.133. The van der Waals surface area contributed by atoms with Crippen molar-refractivity contribution in [2.75, 3.05) is 32.8 Å². The number of nitrogens with one attached hydrogen (secondary N) is 1. The summed E-state index contributed by atoms with van der Waals surface area (Å²) in [6.45, 7) is 8.62. The Kier molecular flexibility index (Phi) is 10.5. The maximum atomic E-state index is 13.3. The van der Waals surface area contributed by atoms with E-state index in [9.17, 15) is 14.0 Å². The summed E-state index contributed by atoms with van der Waals surface area (Å²) in [7, 11) is 0. The lowest BCUT2D eigenvalue weighted by Crippen LogP contribution is -2.47. The van der Waals surface area contributed by atoms with E-state index in [1.165, 1.54) is 21.9 Å². The molecule has 3 amide bonds. The molecule has 6 nitrogen and oxygen atoms in total. The summed E-state index contributed by atoms with van der Waals surface area (Å²) < 4.78 is 18.7. The molecular weight excluding hydrogens is 417 g/mol. The molecule has 0 atom stereocenters. The first-order valence-corrected chi connectivity index (χ1v) is 11.4. The van der Waals surface area contributed by atoms with Crippen LogP contribution in [0.1, 0.15) is 35.6 Å². The lowest BCUT2D eigenvalue weighted by Gasteiger charge is -2.27. The van der Waals surface area contributed by atoms with Gasteiger partial charge < -0.3 is 19.9 Å². The van der Waals surface area contributed by atoms with Crippen LogP contribution < -0.4 is 5.32 Å². The van der Waals surface area contributed by atoms with Gasteiger partial charge in [0.25, 0.3) is 0 Å². The quantitative estimate of drug-likeness (QED) is 0.495. The number of carbonyl (C=O) groups is 2. The first-order chi connectivity index (χ1) is 14.9. The van der Waals surface area contributed by atoms with Crippen molar-refractivity contribution in [3.8, 4) is 0 Å². The largest absolute Gasteiger partial charge is 0.382 e. The number of thiophene rings is 1. The molecule has 1 aromatic carbocycles. The maximum Gasteiger partial charge on any atom is 0.317 e. The van der Waals surface area contributed by atoms with Gasteiger partial charge in [0.05, 0.1) is 6.54 Å². The van der Waals surface area contributed by atoms with Crippen LogP contribution in [0.3, 0.4) is 0 Å². The normalized spacial score (nSPS) is 10.7. The molecule has 2 rings (SSSR count). The van der Waals surface area contributed by atoms with E-state index in [1.54, 1.807) is 28.4 Å². The molecule has 1 aromatic heterocycles. The molecule has 0 spiro atoms. The summed E-state index contributed by atoms with van der Waals surface area (Å²) in [6, 6.07) is 9.91. The number of rotatable bonds is 12. The van der Waals surface area contributed by atoms with Gasteiger partial charge in [-0.3, -0.25) is 4.79 Å². The van der Waals surface area contributed by atoms with Crippen LogP contribution in [0, 0.1) is 12.7 Å². The number of hydrogen-bond acceptors (Lipinski definition) is 4. The molecule has 0 saturated carbocycles. The average molecular weight is 450 g/mol. The third kappa shape index (κ3) is 8.67. The fraction of sp³-hybridized carbons (Fsp3) is 0.478. The molecule has 8 heteroatoms. The number of aryl methyl sites for hydroxylation is 1. The molecule has 1 heterocycles. The van der Waals surface area contributed by atoms with Crippen LogP contribution in [0.2, 0.25) is 0 Å². The van der Waals surface area contributed by atoms with Gasteiger partial charge in [0.2, 0.25) is 5.91 Å². The summed E-state index contributed by atoms with van der Waals surface area (Å²) >= 11 is 1.64. The van der Waals surface area contributed by atoms with E-state index < -0.39 is 0 Å². The van der Waals surface area contributed by atoms with E-state index in [4.69, 9.17) is 4.74 Å². The molecule has 0 fully saturated rings. The molecule has 170 valence electrons. The van der Waals surface area contributed by atoms with Crippen molar-refractivity contribution >= 4 is 23.3 Å². The summed E-state index contributed by atoms with van der Waals surface area (Å²) in [6.07, 6.45) is 0.653. The van der Waals surface area contributed by atoms with Crippen LogP contribution in [-0.4, -0.2) is 54.6 Å². The van der Waals surface area contributed by atoms with E-state index in [0.717, 1.165) is 10.4 Å². The summed E-state index contributed by atoms with van der Waals surface area (Å²) in [5, 5.41) is 2.78. The monoisotopic (exact) mass is 449 g/mol. The lowest BCUT2D eigenvalue weighted by atomic mass is 10.2. The predicted octanol–water partition coefficient (Wildman–Crippen LogP) is 4.18. The highest BCUT2D eigenvalue weighted by atomic mass is 32.1. The minimum atomic E-state index is -0.313. The van der Waals surface area contributed by atoms with Crippen LogP contribution in [0.4, 0.5) is 9.18 Å². The van der Waals surface area contributed by atoms with Crippen LogP contribution in [0.25, 0.3) is 0 Å². The average Bonchev–Trinajstić information content (AvgIpc) is 3.16. The van der Waals surface area contributed by atoms with Gasteiger partial charge in [-0.15, -0.1) is 11.3 Å². The van der Waals surface area contributed by atoms with Gasteiger partial charge in [0.1, 0.15) is 12.4 Å². The van der Waals surface area contributed by atoms with Gasteiger partial charge in [-0.25, -0.2) is 9.18 Å². The third-order valence-corrected chi connectivity index (χ3v) is 5.63. The van der Waals surface area contributed by atoms with Crippen molar-refractivity contribution in [1.82, 2.24) is 15.1 Å². The Morgan fingerprint density at radius 3 is 2.42 bits per heavy atom. The fourth-order valence-corrected chi connectivity index (χ4v) is 3.99. The van der Waals surface area contributed by atoms with Crippen molar-refractivity contribution in [2.45, 2.75) is 40.3 Å². The first kappa shape index (κ1) is 24.8. The fourth-order valence-electron chi connectivity index (χ4n) is 3.08. The number of carbonyl (C=O) groups excluding carboxylic acids is 2. The molecule has 0 aliphatic carbocycles. The minimum Gasteiger partial charge on any atom is -0.382 e. The highest BCUT2D eigenvalue weighted by Gasteiger charge is 2.22. The third-order valence-electron chi connectivity index (χ3n) is 4.64. The van der Waals surface area contributed by atoms with Gasteiger partial charge in [0.15, 0.2) is 0 Å². The van der Waals surface area contributed by atoms with Gasteiger partial charge in [-0.1, -0.05) is 12.1 Å². The van der Waals surface area contributed by atoms with E-state index >= 15 is 0 Å². The van der Waals surface area contributed by atoms with E-state index in [2.05, 4.69) is 5.32 Å². The Morgan fingerprint density at radius 2 is 1.81 bits per heavy atom. The number of hydrogen-bond donors (Lipinski definition) is 1. The molecule has 0 bridgehead atoms. The minimum absolute atomic E-state index is 0.0243. The smallest absolute Gasteiger partial charge is 0.317 e. The van der Waals surface area contributed by atoms with Gasteiger partial charge in [0, 0.05) is 42.6 Å². The zero-order valence-corrected chi connectivity index (χ0v) is 19.3. The van der Waals surface area contributed by atoms with Gasteiger partial charge >= 0.3 is 6.03 Å². The molecule has 31 heavy (non-hydrogen) atoms. The van der Waals surface area contributed by atoms with Crippen molar-refractivity contribution in [1.29, 1.82) is 0 Å². The molecule has 0 saturated heterocycles. The second-order valence-corrected chi connectivity index (χ2v) is 8.57. The Morgan fingerprint density at radius 1 is 1.06 bits per heavy atom. The standard InChI is InChI=1S/C23H32FN3O3S/c1-4-25-23(29)26(13-6-14-30-5-2)17-22(28)27(16-21-12-7-18(3)31-21)15-19-8-10-20(24)11-9-19/h7-12H,4-6,13-17H2,1-3H3,(H,25,29). The molecule has 2 aromatic rings. The van der Waals surface area contributed by atoms with Crippen molar-refractivity contribution in [3.63, 3.8) is 0 Å². The molecule has 0 aliphatic rings. The summed E-state index contributed by atoms with van der Waals surface area (Å²) in [5.41, 5.74) is 0.837. The second kappa shape index (κ2) is 13.1. The highest BCUT2D eigenvalue weighted by molar-refractivity contribution is 7.11. The van der Waals surface area contributed by atoms with E-state index in [1.807, 2.05) is 32.9 Å². The molecule has 0 unspecified atom stereocenters. The Bertz CT molecular complexity index is 826. The predicted molar refractivity (Wildman–Crippen MR) is 121 cm³/mol. The van der Waals surface area contributed by atoms with Gasteiger partial charge in [-0.05, 0) is 57.0 Å². The SMILES string of the molecule is CCNC(=O)N(CCCOCC)CC(=O)N(Cc1ccc(F)cc1)Cc1ccc(C)s1. The zero-order valence-electron chi connectivity index (χ0n) is 18.5. The molecule has 1 N–H and O–H groups in total. The van der Waals surface area contributed by atoms with E-state index in [0.29, 0.717) is 45.8 Å². The van der Waals surface area contributed by atoms with Gasteiger partial charge in [-0.2, -0.15) is 0 Å². The Balaban J connectivity index is 2.13. The Hall–Kier alpha value is -2.45. The number of halogens is 1.